The first kappa shape index (κ1) is 18.0. The smallest absolute Gasteiger partial charge is 0.228 e. The minimum absolute atomic E-state index is 0.104. The number of hydrogen-bond acceptors (Lipinski definition) is 2. The molecule has 0 atom stereocenters. The Morgan fingerprint density at radius 3 is 2.41 bits per heavy atom. The molecule has 3 aromatic rings. The molecule has 1 aliphatic carbocycles. The van der Waals surface area contributed by atoms with Gasteiger partial charge in [0.05, 0.1) is 11.4 Å². The van der Waals surface area contributed by atoms with Gasteiger partial charge in [-0.15, -0.1) is 0 Å². The minimum atomic E-state index is 0.104. The zero-order chi connectivity index (χ0) is 18.6. The van der Waals surface area contributed by atoms with Gasteiger partial charge in [-0.3, -0.25) is 4.79 Å². The molecule has 0 bridgehead atoms. The number of nitrogens with zero attached hydrogens (tertiary/aromatic N) is 2. The van der Waals surface area contributed by atoms with Crippen LogP contribution in [0.3, 0.4) is 0 Å². The van der Waals surface area contributed by atoms with Gasteiger partial charge in [0.2, 0.25) is 5.91 Å². The highest BCUT2D eigenvalue weighted by Crippen LogP contribution is 2.28. The summed E-state index contributed by atoms with van der Waals surface area (Å²) in [5.74, 6) is 0.923. The Morgan fingerprint density at radius 2 is 1.70 bits per heavy atom. The lowest BCUT2D eigenvalue weighted by Gasteiger charge is -2.20. The Bertz CT molecular complexity index is 912. The molecule has 0 saturated heterocycles. The number of carbonyl (C=O) groups is 1. The van der Waals surface area contributed by atoms with Crippen LogP contribution in [0.1, 0.15) is 32.1 Å². The fraction of sp³-hybridized carbons (Fsp3) is 0.273. The van der Waals surface area contributed by atoms with Crippen molar-refractivity contribution in [3.05, 3.63) is 65.1 Å². The predicted octanol–water partition coefficient (Wildman–Crippen LogP) is 5.82. The van der Waals surface area contributed by atoms with Gasteiger partial charge in [-0.1, -0.05) is 65.5 Å². The topological polar surface area (TPSA) is 46.9 Å². The van der Waals surface area contributed by atoms with Crippen molar-refractivity contribution in [2.75, 3.05) is 5.32 Å². The van der Waals surface area contributed by atoms with E-state index in [-0.39, 0.29) is 11.8 Å². The summed E-state index contributed by atoms with van der Waals surface area (Å²) in [6.45, 7) is 0. The number of hydrogen-bond donors (Lipinski definition) is 1. The van der Waals surface area contributed by atoms with Crippen LogP contribution in [0.25, 0.3) is 16.9 Å². The SMILES string of the molecule is O=C(Nc1cc(-c2ccccc2)nn1-c1ccc(Br)cc1)C1CCCCC1. The lowest BCUT2D eigenvalue weighted by atomic mass is 9.89. The summed E-state index contributed by atoms with van der Waals surface area (Å²) in [6.07, 6.45) is 5.46. The van der Waals surface area contributed by atoms with Crippen LogP contribution >= 0.6 is 15.9 Å². The lowest BCUT2D eigenvalue weighted by Crippen LogP contribution is -2.25. The molecule has 1 aromatic heterocycles. The maximum absolute atomic E-state index is 12.8. The van der Waals surface area contributed by atoms with Gasteiger partial charge in [-0.25, -0.2) is 4.68 Å². The standard InChI is InChI=1S/C22H22BrN3O/c23-18-11-13-19(14-12-18)26-21(24-22(27)17-9-5-2-6-10-17)15-20(25-26)16-7-3-1-4-8-16/h1,3-4,7-8,11-15,17H,2,5-6,9-10H2,(H,24,27). The molecule has 0 aliphatic heterocycles. The average Bonchev–Trinajstić information content (AvgIpc) is 3.13. The number of rotatable bonds is 4. The molecule has 27 heavy (non-hydrogen) atoms. The highest BCUT2D eigenvalue weighted by Gasteiger charge is 2.23. The first-order chi connectivity index (χ1) is 13.2. The van der Waals surface area contributed by atoms with Crippen molar-refractivity contribution in [2.45, 2.75) is 32.1 Å². The Hall–Kier alpha value is -2.40. The van der Waals surface area contributed by atoms with Gasteiger partial charge in [0.25, 0.3) is 0 Å². The minimum Gasteiger partial charge on any atom is -0.310 e. The molecule has 1 amide bonds. The van der Waals surface area contributed by atoms with E-state index in [9.17, 15) is 4.79 Å². The van der Waals surface area contributed by atoms with Crippen LogP contribution < -0.4 is 5.32 Å². The van der Waals surface area contributed by atoms with Crippen molar-refractivity contribution < 1.29 is 4.79 Å². The van der Waals surface area contributed by atoms with Gasteiger partial charge in [-0.05, 0) is 37.1 Å². The van der Waals surface area contributed by atoms with Crippen LogP contribution in [0, 0.1) is 5.92 Å². The Balaban J connectivity index is 1.68. The van der Waals surface area contributed by atoms with Gasteiger partial charge >= 0.3 is 0 Å². The van der Waals surface area contributed by atoms with Crippen LogP contribution in [0.2, 0.25) is 0 Å². The zero-order valence-electron chi connectivity index (χ0n) is 15.1. The number of benzene rings is 2. The van der Waals surface area contributed by atoms with Crippen LogP contribution in [-0.4, -0.2) is 15.7 Å². The highest BCUT2D eigenvalue weighted by atomic mass is 79.9. The van der Waals surface area contributed by atoms with E-state index in [1.807, 2.05) is 65.3 Å². The molecule has 4 rings (SSSR count). The fourth-order valence-electron chi connectivity index (χ4n) is 3.59. The molecule has 2 aromatic carbocycles. The Labute approximate surface area is 167 Å². The number of carbonyl (C=O) groups excluding carboxylic acids is 1. The maximum atomic E-state index is 12.8. The first-order valence-corrected chi connectivity index (χ1v) is 10.2. The van der Waals surface area contributed by atoms with Crippen molar-refractivity contribution in [3.63, 3.8) is 0 Å². The van der Waals surface area contributed by atoms with Gasteiger partial charge in [0.15, 0.2) is 0 Å². The molecule has 0 radical (unpaired) electrons. The normalized spacial score (nSPS) is 14.9. The quantitative estimate of drug-likeness (QED) is 0.574. The molecule has 1 saturated carbocycles. The number of amides is 1. The summed E-state index contributed by atoms with van der Waals surface area (Å²) in [5, 5.41) is 7.90. The van der Waals surface area contributed by atoms with Gasteiger partial charge in [-0.2, -0.15) is 5.10 Å². The second-order valence-corrected chi connectivity index (χ2v) is 7.91. The summed E-state index contributed by atoms with van der Waals surface area (Å²) in [7, 11) is 0. The van der Waals surface area contributed by atoms with Crippen molar-refractivity contribution in [1.82, 2.24) is 9.78 Å². The summed E-state index contributed by atoms with van der Waals surface area (Å²) in [5.41, 5.74) is 2.79. The highest BCUT2D eigenvalue weighted by molar-refractivity contribution is 9.10. The molecule has 1 N–H and O–H groups in total. The van der Waals surface area contributed by atoms with Crippen molar-refractivity contribution >= 4 is 27.7 Å². The molecule has 1 fully saturated rings. The van der Waals surface area contributed by atoms with E-state index in [1.165, 1.54) is 6.42 Å². The van der Waals surface area contributed by atoms with Gasteiger partial charge in [0, 0.05) is 22.0 Å². The van der Waals surface area contributed by atoms with Gasteiger partial charge < -0.3 is 5.32 Å². The van der Waals surface area contributed by atoms with Crippen molar-refractivity contribution in [3.8, 4) is 16.9 Å². The molecule has 4 nitrogen and oxygen atoms in total. The van der Waals surface area contributed by atoms with Crippen LogP contribution in [0.4, 0.5) is 5.82 Å². The monoisotopic (exact) mass is 423 g/mol. The maximum Gasteiger partial charge on any atom is 0.228 e. The zero-order valence-corrected chi connectivity index (χ0v) is 16.7. The van der Waals surface area contributed by atoms with E-state index in [2.05, 4.69) is 21.2 Å². The molecule has 5 heteroatoms. The van der Waals surface area contributed by atoms with E-state index in [0.717, 1.165) is 47.1 Å². The van der Waals surface area contributed by atoms with Crippen molar-refractivity contribution in [2.24, 2.45) is 5.92 Å². The number of halogens is 1. The molecule has 138 valence electrons. The Morgan fingerprint density at radius 1 is 1.00 bits per heavy atom. The van der Waals surface area contributed by atoms with Crippen LogP contribution in [-0.2, 0) is 4.79 Å². The molecular formula is C22H22BrN3O. The van der Waals surface area contributed by atoms with E-state index in [0.29, 0.717) is 5.82 Å². The first-order valence-electron chi connectivity index (χ1n) is 9.43. The van der Waals surface area contributed by atoms with E-state index < -0.39 is 0 Å². The number of anilines is 1. The van der Waals surface area contributed by atoms with Crippen LogP contribution in [0.5, 0.6) is 0 Å². The fourth-order valence-corrected chi connectivity index (χ4v) is 3.86. The largest absolute Gasteiger partial charge is 0.310 e. The molecule has 1 aliphatic rings. The van der Waals surface area contributed by atoms with E-state index in [1.54, 1.807) is 0 Å². The third-order valence-electron chi connectivity index (χ3n) is 5.08. The number of aromatic nitrogens is 2. The third-order valence-corrected chi connectivity index (χ3v) is 5.61. The number of nitrogens with one attached hydrogen (secondary N) is 1. The van der Waals surface area contributed by atoms with E-state index >= 15 is 0 Å². The second-order valence-electron chi connectivity index (χ2n) is 6.99. The van der Waals surface area contributed by atoms with Gasteiger partial charge in [0.1, 0.15) is 5.82 Å². The lowest BCUT2D eigenvalue weighted by molar-refractivity contribution is -0.120. The van der Waals surface area contributed by atoms with E-state index in [4.69, 9.17) is 5.10 Å². The predicted molar refractivity (Wildman–Crippen MR) is 112 cm³/mol. The second kappa shape index (κ2) is 8.09. The third kappa shape index (κ3) is 4.14. The average molecular weight is 424 g/mol. The summed E-state index contributed by atoms with van der Waals surface area (Å²) < 4.78 is 2.82. The summed E-state index contributed by atoms with van der Waals surface area (Å²) in [6, 6.07) is 19.9. The van der Waals surface area contributed by atoms with Crippen LogP contribution in [0.15, 0.2) is 65.1 Å². The molecule has 0 unspecified atom stereocenters. The van der Waals surface area contributed by atoms with Crippen molar-refractivity contribution in [1.29, 1.82) is 0 Å². The summed E-state index contributed by atoms with van der Waals surface area (Å²) in [4.78, 5) is 12.8. The molecular weight excluding hydrogens is 402 g/mol. The Kier molecular flexibility index (Phi) is 5.39. The molecule has 1 heterocycles. The molecule has 0 spiro atoms. The summed E-state index contributed by atoms with van der Waals surface area (Å²) >= 11 is 3.47.